The fraction of sp³-hybridized carbons (Fsp3) is 0.692. The molecule has 16 heavy (non-hydrogen) atoms. The lowest BCUT2D eigenvalue weighted by atomic mass is 10.2. The van der Waals surface area contributed by atoms with Crippen molar-refractivity contribution in [3.05, 3.63) is 22.4 Å². The Hall–Kier alpha value is -0.380. The molecule has 2 nitrogen and oxygen atoms in total. The summed E-state index contributed by atoms with van der Waals surface area (Å²) in [6.07, 6.45) is 4.08. The van der Waals surface area contributed by atoms with Crippen LogP contribution >= 0.6 is 11.3 Å². The second-order valence-electron chi connectivity index (χ2n) is 4.63. The highest BCUT2D eigenvalue weighted by Gasteiger charge is 2.10. The summed E-state index contributed by atoms with van der Waals surface area (Å²) < 4.78 is 0. The van der Waals surface area contributed by atoms with Gasteiger partial charge < -0.3 is 10.2 Å². The van der Waals surface area contributed by atoms with E-state index >= 15 is 0 Å². The number of thiophene rings is 1. The van der Waals surface area contributed by atoms with Crippen molar-refractivity contribution in [3.63, 3.8) is 0 Å². The summed E-state index contributed by atoms with van der Waals surface area (Å²) in [4.78, 5) is 2.58. The third-order valence-corrected chi connectivity index (χ3v) is 4.04. The van der Waals surface area contributed by atoms with E-state index in [0.717, 1.165) is 6.54 Å². The van der Waals surface area contributed by atoms with Crippen LogP contribution in [0.15, 0.2) is 16.8 Å². The van der Waals surface area contributed by atoms with Gasteiger partial charge in [0, 0.05) is 6.04 Å². The first-order chi connectivity index (χ1) is 7.86. The van der Waals surface area contributed by atoms with Crippen molar-refractivity contribution in [2.24, 2.45) is 0 Å². The zero-order chi connectivity index (χ0) is 11.2. The Morgan fingerprint density at radius 1 is 1.44 bits per heavy atom. The molecule has 2 heterocycles. The van der Waals surface area contributed by atoms with Crippen molar-refractivity contribution in [2.75, 3.05) is 26.2 Å². The van der Waals surface area contributed by atoms with E-state index in [1.807, 2.05) is 0 Å². The molecule has 2 rings (SSSR count). The van der Waals surface area contributed by atoms with Crippen LogP contribution in [0.1, 0.15) is 37.8 Å². The molecule has 1 N–H and O–H groups in total. The average Bonchev–Trinajstić information content (AvgIpc) is 2.96. The molecule has 0 radical (unpaired) electrons. The Bertz CT molecular complexity index is 278. The maximum Gasteiger partial charge on any atom is 0.0300 e. The van der Waals surface area contributed by atoms with Gasteiger partial charge in [-0.1, -0.05) is 0 Å². The van der Waals surface area contributed by atoms with Crippen LogP contribution in [0.4, 0.5) is 0 Å². The third-order valence-electron chi connectivity index (χ3n) is 3.34. The van der Waals surface area contributed by atoms with Crippen molar-refractivity contribution < 1.29 is 0 Å². The summed E-state index contributed by atoms with van der Waals surface area (Å²) >= 11 is 1.78. The van der Waals surface area contributed by atoms with E-state index in [2.05, 4.69) is 34.0 Å². The summed E-state index contributed by atoms with van der Waals surface area (Å²) in [7, 11) is 0. The van der Waals surface area contributed by atoms with E-state index in [9.17, 15) is 0 Å². The lowest BCUT2D eigenvalue weighted by molar-refractivity contribution is 0.328. The second kappa shape index (κ2) is 6.38. The fourth-order valence-electron chi connectivity index (χ4n) is 2.27. The summed E-state index contributed by atoms with van der Waals surface area (Å²) in [5.41, 5.74) is 1.42. The van der Waals surface area contributed by atoms with Gasteiger partial charge in [-0.2, -0.15) is 11.3 Å². The Balaban J connectivity index is 1.57. The van der Waals surface area contributed by atoms with Gasteiger partial charge in [0.25, 0.3) is 0 Å². The van der Waals surface area contributed by atoms with Gasteiger partial charge in [0.1, 0.15) is 0 Å². The van der Waals surface area contributed by atoms with E-state index in [0.29, 0.717) is 6.04 Å². The molecule has 1 unspecified atom stereocenters. The number of nitrogens with one attached hydrogen (secondary N) is 1. The first-order valence-electron chi connectivity index (χ1n) is 6.34. The Morgan fingerprint density at radius 3 is 2.94 bits per heavy atom. The molecule has 0 spiro atoms. The highest BCUT2D eigenvalue weighted by Crippen LogP contribution is 2.15. The van der Waals surface area contributed by atoms with Gasteiger partial charge in [0.15, 0.2) is 0 Å². The summed E-state index contributed by atoms with van der Waals surface area (Å²) in [6, 6.07) is 2.72. The smallest absolute Gasteiger partial charge is 0.0300 e. The maximum absolute atomic E-state index is 3.59. The van der Waals surface area contributed by atoms with Gasteiger partial charge >= 0.3 is 0 Å². The minimum atomic E-state index is 0.504. The molecule has 0 bridgehead atoms. The second-order valence-corrected chi connectivity index (χ2v) is 5.41. The van der Waals surface area contributed by atoms with E-state index in [1.165, 1.54) is 44.5 Å². The molecule has 0 amide bonds. The lowest BCUT2D eigenvalue weighted by Gasteiger charge is -2.16. The molecule has 1 saturated heterocycles. The van der Waals surface area contributed by atoms with Crippen molar-refractivity contribution in [2.45, 2.75) is 32.2 Å². The Kier molecular flexibility index (Phi) is 4.82. The molecule has 0 aromatic carbocycles. The van der Waals surface area contributed by atoms with Gasteiger partial charge in [-0.25, -0.2) is 0 Å². The van der Waals surface area contributed by atoms with Crippen LogP contribution < -0.4 is 5.32 Å². The Morgan fingerprint density at radius 2 is 2.25 bits per heavy atom. The minimum Gasteiger partial charge on any atom is -0.310 e. The predicted octanol–water partition coefficient (Wildman–Crippen LogP) is 2.88. The van der Waals surface area contributed by atoms with E-state index in [-0.39, 0.29) is 0 Å². The molecule has 1 aromatic rings. The zero-order valence-electron chi connectivity index (χ0n) is 10.1. The van der Waals surface area contributed by atoms with Crippen LogP contribution in [0.3, 0.4) is 0 Å². The number of likely N-dealkylation sites (tertiary alicyclic amines) is 1. The molecule has 1 fully saturated rings. The van der Waals surface area contributed by atoms with Gasteiger partial charge in [-0.3, -0.25) is 0 Å². The number of hydrogen-bond donors (Lipinski definition) is 1. The number of rotatable bonds is 6. The molecule has 90 valence electrons. The molecule has 0 aliphatic carbocycles. The standard InChI is InChI=1S/C13H22N2S/c1-12(13-5-10-16-11-13)14-6-4-9-15-7-2-3-8-15/h5,10-12,14H,2-4,6-9H2,1H3. The van der Waals surface area contributed by atoms with E-state index in [4.69, 9.17) is 0 Å². The van der Waals surface area contributed by atoms with E-state index in [1.54, 1.807) is 11.3 Å². The first kappa shape index (κ1) is 12.1. The van der Waals surface area contributed by atoms with Crippen molar-refractivity contribution in [3.8, 4) is 0 Å². The average molecular weight is 238 g/mol. The highest BCUT2D eigenvalue weighted by atomic mass is 32.1. The van der Waals surface area contributed by atoms with Crippen LogP contribution in [0.5, 0.6) is 0 Å². The van der Waals surface area contributed by atoms with Crippen LogP contribution in [-0.4, -0.2) is 31.1 Å². The van der Waals surface area contributed by atoms with Crippen LogP contribution in [0, 0.1) is 0 Å². The van der Waals surface area contributed by atoms with Crippen LogP contribution in [0.2, 0.25) is 0 Å². The lowest BCUT2D eigenvalue weighted by Crippen LogP contribution is -2.26. The molecule has 3 heteroatoms. The van der Waals surface area contributed by atoms with Crippen molar-refractivity contribution in [1.29, 1.82) is 0 Å². The SMILES string of the molecule is CC(NCCCN1CCCC1)c1ccsc1. The Labute approximate surface area is 103 Å². The minimum absolute atomic E-state index is 0.504. The quantitative estimate of drug-likeness (QED) is 0.767. The maximum atomic E-state index is 3.59. The summed E-state index contributed by atoms with van der Waals surface area (Å²) in [5, 5.41) is 7.97. The monoisotopic (exact) mass is 238 g/mol. The number of hydrogen-bond acceptors (Lipinski definition) is 3. The summed E-state index contributed by atoms with van der Waals surface area (Å²) in [6.45, 7) is 7.29. The van der Waals surface area contributed by atoms with Crippen LogP contribution in [-0.2, 0) is 0 Å². The predicted molar refractivity (Wildman–Crippen MR) is 71.0 cm³/mol. The number of nitrogens with zero attached hydrogens (tertiary/aromatic N) is 1. The molecule has 1 aliphatic rings. The molecular formula is C13H22N2S. The molecular weight excluding hydrogens is 216 g/mol. The normalized spacial score (nSPS) is 19.1. The molecule has 0 saturated carbocycles. The molecule has 1 aliphatic heterocycles. The van der Waals surface area contributed by atoms with E-state index < -0.39 is 0 Å². The fourth-order valence-corrected chi connectivity index (χ4v) is 3.02. The van der Waals surface area contributed by atoms with Gasteiger partial charge in [-0.05, 0) is 74.8 Å². The van der Waals surface area contributed by atoms with Crippen molar-refractivity contribution >= 4 is 11.3 Å². The summed E-state index contributed by atoms with van der Waals surface area (Å²) in [5.74, 6) is 0. The van der Waals surface area contributed by atoms with Crippen molar-refractivity contribution in [1.82, 2.24) is 10.2 Å². The van der Waals surface area contributed by atoms with Crippen LogP contribution in [0.25, 0.3) is 0 Å². The van der Waals surface area contributed by atoms with Gasteiger partial charge in [0.05, 0.1) is 0 Å². The first-order valence-corrected chi connectivity index (χ1v) is 7.28. The molecule has 1 aromatic heterocycles. The zero-order valence-corrected chi connectivity index (χ0v) is 10.9. The van der Waals surface area contributed by atoms with Gasteiger partial charge in [0.2, 0.25) is 0 Å². The van der Waals surface area contributed by atoms with Gasteiger partial charge in [-0.15, -0.1) is 0 Å². The topological polar surface area (TPSA) is 15.3 Å². The largest absolute Gasteiger partial charge is 0.310 e. The third kappa shape index (κ3) is 3.58. The molecule has 1 atom stereocenters. The highest BCUT2D eigenvalue weighted by molar-refractivity contribution is 7.07.